The first-order valence-corrected chi connectivity index (χ1v) is 9.07. The van der Waals surface area contributed by atoms with E-state index in [-0.39, 0.29) is 24.0 Å². The Labute approximate surface area is 143 Å². The molecule has 1 saturated carbocycles. The number of hydrogen-bond acceptors (Lipinski definition) is 6. The molecule has 0 aromatic carbocycles. The number of aromatic nitrogens is 2. The molecule has 2 fully saturated rings. The Morgan fingerprint density at radius 1 is 1.29 bits per heavy atom. The van der Waals surface area contributed by atoms with Crippen molar-refractivity contribution in [2.45, 2.75) is 64.0 Å². The summed E-state index contributed by atoms with van der Waals surface area (Å²) in [5.74, 6) is 1.61. The molecule has 3 rings (SSSR count). The standard InChI is InChI=1S/C17H28N4O3/c1-12(2)17-18-15(24-19-17)6-7-16(23)21-10-8-20(9-11-21)13-4-3-5-14(13)22/h12-14,22H,3-11H2,1-2H3. The van der Waals surface area contributed by atoms with E-state index in [1.165, 1.54) is 0 Å². The second-order valence-corrected chi connectivity index (χ2v) is 7.18. The van der Waals surface area contributed by atoms with E-state index in [9.17, 15) is 9.90 Å². The maximum absolute atomic E-state index is 12.4. The zero-order valence-electron chi connectivity index (χ0n) is 14.6. The van der Waals surface area contributed by atoms with Gasteiger partial charge in [0.2, 0.25) is 11.8 Å². The van der Waals surface area contributed by atoms with Gasteiger partial charge in [0, 0.05) is 51.0 Å². The molecule has 1 aliphatic carbocycles. The lowest BCUT2D eigenvalue weighted by molar-refractivity contribution is -0.133. The highest BCUT2D eigenvalue weighted by atomic mass is 16.5. The SMILES string of the molecule is CC(C)c1noc(CCC(=O)N2CCN(C3CCCC3O)CC2)n1. The number of rotatable bonds is 5. The quantitative estimate of drug-likeness (QED) is 0.869. The van der Waals surface area contributed by atoms with Gasteiger partial charge in [-0.25, -0.2) is 0 Å². The van der Waals surface area contributed by atoms with Crippen molar-refractivity contribution in [1.29, 1.82) is 0 Å². The van der Waals surface area contributed by atoms with Gasteiger partial charge in [0.25, 0.3) is 0 Å². The molecule has 2 aliphatic rings. The Morgan fingerprint density at radius 3 is 2.62 bits per heavy atom. The maximum Gasteiger partial charge on any atom is 0.227 e. The maximum atomic E-state index is 12.4. The van der Waals surface area contributed by atoms with Gasteiger partial charge < -0.3 is 14.5 Å². The first-order valence-electron chi connectivity index (χ1n) is 9.07. The summed E-state index contributed by atoms with van der Waals surface area (Å²) in [4.78, 5) is 20.9. The third kappa shape index (κ3) is 3.95. The van der Waals surface area contributed by atoms with Gasteiger partial charge in [0.05, 0.1) is 6.10 Å². The topological polar surface area (TPSA) is 82.7 Å². The summed E-state index contributed by atoms with van der Waals surface area (Å²) in [6.45, 7) is 7.21. The van der Waals surface area contributed by atoms with E-state index in [1.807, 2.05) is 18.7 Å². The zero-order chi connectivity index (χ0) is 17.1. The normalized spacial score (nSPS) is 25.6. The molecule has 1 aromatic heterocycles. The molecule has 0 spiro atoms. The van der Waals surface area contributed by atoms with Crippen molar-refractivity contribution in [2.75, 3.05) is 26.2 Å². The van der Waals surface area contributed by atoms with Crippen LogP contribution in [0.3, 0.4) is 0 Å². The smallest absolute Gasteiger partial charge is 0.227 e. The average Bonchev–Trinajstić information content (AvgIpc) is 3.22. The van der Waals surface area contributed by atoms with E-state index in [1.54, 1.807) is 0 Å². The van der Waals surface area contributed by atoms with Crippen LogP contribution in [0.25, 0.3) is 0 Å². The van der Waals surface area contributed by atoms with E-state index in [2.05, 4.69) is 15.0 Å². The number of aliphatic hydroxyl groups is 1. The minimum atomic E-state index is -0.195. The molecule has 0 radical (unpaired) electrons. The van der Waals surface area contributed by atoms with Crippen LogP contribution < -0.4 is 0 Å². The van der Waals surface area contributed by atoms with Gasteiger partial charge in [-0.3, -0.25) is 9.69 Å². The van der Waals surface area contributed by atoms with Crippen LogP contribution >= 0.6 is 0 Å². The first kappa shape index (κ1) is 17.4. The number of aryl methyl sites for hydroxylation is 1. The third-order valence-corrected chi connectivity index (χ3v) is 5.13. The zero-order valence-corrected chi connectivity index (χ0v) is 14.6. The monoisotopic (exact) mass is 336 g/mol. The van der Waals surface area contributed by atoms with Crippen molar-refractivity contribution in [2.24, 2.45) is 0 Å². The van der Waals surface area contributed by atoms with E-state index in [4.69, 9.17) is 4.52 Å². The summed E-state index contributed by atoms with van der Waals surface area (Å²) in [6.07, 6.45) is 3.80. The van der Waals surface area contributed by atoms with Crippen molar-refractivity contribution in [3.8, 4) is 0 Å². The molecule has 134 valence electrons. The Morgan fingerprint density at radius 2 is 2.04 bits per heavy atom. The number of aliphatic hydroxyl groups excluding tert-OH is 1. The number of carbonyl (C=O) groups is 1. The number of hydrogen-bond donors (Lipinski definition) is 1. The third-order valence-electron chi connectivity index (χ3n) is 5.13. The van der Waals surface area contributed by atoms with Crippen LogP contribution in [0.1, 0.15) is 57.2 Å². The van der Waals surface area contributed by atoms with E-state index in [0.717, 1.165) is 45.4 Å². The van der Waals surface area contributed by atoms with Gasteiger partial charge >= 0.3 is 0 Å². The summed E-state index contributed by atoms with van der Waals surface area (Å²) in [7, 11) is 0. The average molecular weight is 336 g/mol. The highest BCUT2D eigenvalue weighted by Gasteiger charge is 2.33. The molecule has 0 bridgehead atoms. The molecule has 2 atom stereocenters. The molecule has 24 heavy (non-hydrogen) atoms. The van der Waals surface area contributed by atoms with Crippen LogP contribution in [-0.2, 0) is 11.2 Å². The number of amides is 1. The van der Waals surface area contributed by atoms with E-state index >= 15 is 0 Å². The number of piperazine rings is 1. The van der Waals surface area contributed by atoms with Gasteiger partial charge in [-0.15, -0.1) is 0 Å². The molecule has 1 saturated heterocycles. The Kier molecular flexibility index (Phi) is 5.50. The van der Waals surface area contributed by atoms with Gasteiger partial charge in [-0.05, 0) is 19.3 Å². The molecule has 2 unspecified atom stereocenters. The van der Waals surface area contributed by atoms with E-state index < -0.39 is 0 Å². The van der Waals surface area contributed by atoms with Crippen molar-refractivity contribution >= 4 is 5.91 Å². The largest absolute Gasteiger partial charge is 0.391 e. The minimum absolute atomic E-state index is 0.144. The van der Waals surface area contributed by atoms with Crippen LogP contribution in [0.2, 0.25) is 0 Å². The Bertz CT molecular complexity index is 552. The van der Waals surface area contributed by atoms with E-state index in [0.29, 0.717) is 24.6 Å². The van der Waals surface area contributed by atoms with Crippen LogP contribution in [0.4, 0.5) is 0 Å². The fourth-order valence-corrected chi connectivity index (χ4v) is 3.63. The van der Waals surface area contributed by atoms with Gasteiger partial charge in [-0.1, -0.05) is 19.0 Å². The molecule has 2 heterocycles. The van der Waals surface area contributed by atoms with Crippen LogP contribution in [-0.4, -0.2) is 69.3 Å². The molecule has 1 N–H and O–H groups in total. The van der Waals surface area contributed by atoms with Crippen molar-refractivity contribution < 1.29 is 14.4 Å². The molecule has 1 aromatic rings. The predicted molar refractivity (Wildman–Crippen MR) is 88.5 cm³/mol. The van der Waals surface area contributed by atoms with Crippen LogP contribution in [0.15, 0.2) is 4.52 Å². The van der Waals surface area contributed by atoms with Crippen molar-refractivity contribution in [3.63, 3.8) is 0 Å². The molecule has 1 aliphatic heterocycles. The second kappa shape index (κ2) is 7.61. The van der Waals surface area contributed by atoms with Crippen molar-refractivity contribution in [1.82, 2.24) is 19.9 Å². The Hall–Kier alpha value is -1.47. The lowest BCUT2D eigenvalue weighted by Gasteiger charge is -2.39. The summed E-state index contributed by atoms with van der Waals surface area (Å²) in [5.41, 5.74) is 0. The minimum Gasteiger partial charge on any atom is -0.391 e. The van der Waals surface area contributed by atoms with Gasteiger partial charge in [-0.2, -0.15) is 4.98 Å². The molecule has 1 amide bonds. The number of carbonyl (C=O) groups excluding carboxylic acids is 1. The highest BCUT2D eigenvalue weighted by molar-refractivity contribution is 5.76. The Balaban J connectivity index is 1.43. The van der Waals surface area contributed by atoms with Crippen LogP contribution in [0.5, 0.6) is 0 Å². The summed E-state index contributed by atoms with van der Waals surface area (Å²) < 4.78 is 5.19. The fraction of sp³-hybridized carbons (Fsp3) is 0.824. The fourth-order valence-electron chi connectivity index (χ4n) is 3.63. The summed E-state index contributed by atoms with van der Waals surface area (Å²) >= 11 is 0. The summed E-state index contributed by atoms with van der Waals surface area (Å²) in [5, 5.41) is 13.9. The number of nitrogens with zero attached hydrogens (tertiary/aromatic N) is 4. The predicted octanol–water partition coefficient (Wildman–Crippen LogP) is 1.18. The summed E-state index contributed by atoms with van der Waals surface area (Å²) in [6, 6.07) is 0.287. The molecule has 7 nitrogen and oxygen atoms in total. The van der Waals surface area contributed by atoms with Crippen molar-refractivity contribution in [3.05, 3.63) is 11.7 Å². The van der Waals surface area contributed by atoms with Crippen LogP contribution in [0, 0.1) is 0 Å². The second-order valence-electron chi connectivity index (χ2n) is 7.18. The van der Waals surface area contributed by atoms with Gasteiger partial charge in [0.15, 0.2) is 5.82 Å². The first-order chi connectivity index (χ1) is 11.5. The lowest BCUT2D eigenvalue weighted by Crippen LogP contribution is -2.53. The molecular weight excluding hydrogens is 308 g/mol. The molecular formula is C17H28N4O3. The molecule has 7 heteroatoms. The lowest BCUT2D eigenvalue weighted by atomic mass is 10.1. The highest BCUT2D eigenvalue weighted by Crippen LogP contribution is 2.25. The van der Waals surface area contributed by atoms with Gasteiger partial charge in [0.1, 0.15) is 0 Å².